The molecule has 0 aliphatic heterocycles. The number of carbonyl (C=O) groups is 3. The molecule has 42 heavy (non-hydrogen) atoms. The lowest BCUT2D eigenvalue weighted by Crippen LogP contribution is -2.37. The summed E-state index contributed by atoms with van der Waals surface area (Å²) in [6.07, 6.45) is 1.31. The molecule has 2 aromatic carbocycles. The Morgan fingerprint density at radius 2 is 1.64 bits per heavy atom. The Balaban J connectivity index is 1.37. The first kappa shape index (κ1) is 31.0. The molecule has 8 nitrogen and oxygen atoms in total. The first-order valence-corrected chi connectivity index (χ1v) is 14.8. The average Bonchev–Trinajstić information content (AvgIpc) is 3.21. The van der Waals surface area contributed by atoms with Gasteiger partial charge < -0.3 is 20.3 Å². The van der Waals surface area contributed by atoms with Crippen LogP contribution in [-0.2, 0) is 14.3 Å². The number of alkyl carbamates (subject to hydrolysis) is 1. The Hall–Kier alpha value is -3.94. The number of ether oxygens (including phenoxy) is 1. The predicted molar refractivity (Wildman–Crippen MR) is 163 cm³/mol. The summed E-state index contributed by atoms with van der Waals surface area (Å²) in [5, 5.41) is 22.9. The minimum atomic E-state index is -1.02. The molecule has 2 aromatic rings. The number of rotatable bonds is 12. The van der Waals surface area contributed by atoms with E-state index in [0.717, 1.165) is 22.3 Å². The normalized spacial score (nSPS) is 17.2. The number of Topliss-reactive ketones (excluding diaryl/α,β-unsaturated/α-hetero) is 1. The van der Waals surface area contributed by atoms with Crippen LogP contribution in [0.25, 0.3) is 11.1 Å². The summed E-state index contributed by atoms with van der Waals surface area (Å²) in [4.78, 5) is 41.9. The van der Waals surface area contributed by atoms with Gasteiger partial charge in [-0.1, -0.05) is 76.2 Å². The average molecular weight is 575 g/mol. The number of aliphatic hydroxyl groups is 1. The Labute approximate surface area is 247 Å². The number of hydrogen-bond donors (Lipinski definition) is 3. The number of carbonyl (C=O) groups excluding carboxylic acids is 2. The number of aliphatic carboxylic acids is 1. The van der Waals surface area contributed by atoms with Crippen molar-refractivity contribution >= 4 is 23.6 Å². The topological polar surface area (TPSA) is 125 Å². The molecule has 2 aliphatic carbocycles. The smallest absolute Gasteiger partial charge is 0.407 e. The van der Waals surface area contributed by atoms with E-state index < -0.39 is 18.1 Å². The van der Waals surface area contributed by atoms with Gasteiger partial charge in [-0.25, -0.2) is 4.79 Å². The highest BCUT2D eigenvalue weighted by atomic mass is 16.5. The Kier molecular flexibility index (Phi) is 9.86. The third-order valence-corrected chi connectivity index (χ3v) is 7.84. The van der Waals surface area contributed by atoms with Gasteiger partial charge in [-0.2, -0.15) is 0 Å². The van der Waals surface area contributed by atoms with E-state index in [-0.39, 0.29) is 41.8 Å². The number of nitrogens with zero attached hydrogens (tertiary/aromatic N) is 1. The van der Waals surface area contributed by atoms with Crippen molar-refractivity contribution in [2.75, 3.05) is 13.2 Å². The van der Waals surface area contributed by atoms with Crippen LogP contribution in [0.3, 0.4) is 0 Å². The predicted octanol–water partition coefficient (Wildman–Crippen LogP) is 6.84. The van der Waals surface area contributed by atoms with E-state index in [0.29, 0.717) is 49.9 Å². The summed E-state index contributed by atoms with van der Waals surface area (Å²) >= 11 is 0. The van der Waals surface area contributed by atoms with Gasteiger partial charge >= 0.3 is 12.1 Å². The van der Waals surface area contributed by atoms with Gasteiger partial charge in [0.05, 0.1) is 12.0 Å². The molecule has 1 amide bonds. The number of ketones is 1. The van der Waals surface area contributed by atoms with Crippen LogP contribution in [0.1, 0.15) is 83.3 Å². The number of amides is 1. The molecule has 3 N–H and O–H groups in total. The molecule has 1 atom stereocenters. The maximum atomic E-state index is 12.9. The monoisotopic (exact) mass is 574 g/mol. The first-order chi connectivity index (χ1) is 19.9. The van der Waals surface area contributed by atoms with Crippen molar-refractivity contribution in [1.29, 1.82) is 0 Å². The van der Waals surface area contributed by atoms with E-state index in [4.69, 9.17) is 4.74 Å². The van der Waals surface area contributed by atoms with Gasteiger partial charge in [0.2, 0.25) is 0 Å². The van der Waals surface area contributed by atoms with E-state index in [1.165, 1.54) is 0 Å². The summed E-state index contributed by atoms with van der Waals surface area (Å²) in [5.74, 6) is -0.871. The third kappa shape index (κ3) is 7.66. The highest BCUT2D eigenvalue weighted by Crippen LogP contribution is 2.44. The van der Waals surface area contributed by atoms with Crippen LogP contribution in [0, 0.1) is 11.3 Å². The van der Waals surface area contributed by atoms with Crippen LogP contribution >= 0.6 is 0 Å². The lowest BCUT2D eigenvalue weighted by molar-refractivity contribution is -0.137. The van der Waals surface area contributed by atoms with Crippen LogP contribution in [0.4, 0.5) is 4.79 Å². The molecule has 224 valence electrons. The molecular weight excluding hydrogens is 532 g/mol. The van der Waals surface area contributed by atoms with Crippen molar-refractivity contribution in [3.8, 4) is 11.1 Å². The number of benzene rings is 2. The van der Waals surface area contributed by atoms with Gasteiger partial charge in [-0.3, -0.25) is 14.6 Å². The summed E-state index contributed by atoms with van der Waals surface area (Å²) in [6.45, 7) is 8.48. The number of carboxylic acid groups (broad SMARTS) is 1. The summed E-state index contributed by atoms with van der Waals surface area (Å²) < 4.78 is 5.62. The number of nitrogens with one attached hydrogen (secondary N) is 1. The van der Waals surface area contributed by atoms with Gasteiger partial charge in [0, 0.05) is 37.1 Å². The van der Waals surface area contributed by atoms with Gasteiger partial charge in [0.25, 0.3) is 0 Å². The molecule has 0 heterocycles. The lowest BCUT2D eigenvalue weighted by atomic mass is 9.75. The summed E-state index contributed by atoms with van der Waals surface area (Å²) in [6, 6.07) is 15.5. The molecule has 2 aliphatic rings. The molecule has 0 fully saturated rings. The fraction of sp³-hybridized carbons (Fsp3) is 0.471. The van der Waals surface area contributed by atoms with Gasteiger partial charge in [-0.15, -0.1) is 0 Å². The molecule has 8 heteroatoms. The van der Waals surface area contributed by atoms with Gasteiger partial charge in [-0.05, 0) is 52.8 Å². The number of fused-ring (bicyclic) bond motifs is 3. The third-order valence-electron chi connectivity index (χ3n) is 7.84. The number of aliphatic hydroxyl groups excluding tert-OH is 1. The maximum absolute atomic E-state index is 12.9. The second-order valence-electron chi connectivity index (χ2n) is 12.6. The zero-order chi connectivity index (χ0) is 30.4. The second kappa shape index (κ2) is 13.4. The van der Waals surface area contributed by atoms with E-state index in [1.54, 1.807) is 0 Å². The lowest BCUT2D eigenvalue weighted by Gasteiger charge is -2.30. The Morgan fingerprint density at radius 3 is 2.21 bits per heavy atom. The summed E-state index contributed by atoms with van der Waals surface area (Å²) in [7, 11) is 0. The Bertz CT molecular complexity index is 1340. The molecular formula is C34H42N2O6. The minimum Gasteiger partial charge on any atom is -0.511 e. The molecule has 0 aromatic heterocycles. The van der Waals surface area contributed by atoms with Gasteiger partial charge in [0.1, 0.15) is 12.4 Å². The quantitative estimate of drug-likeness (QED) is 0.188. The van der Waals surface area contributed by atoms with Crippen molar-refractivity contribution in [3.63, 3.8) is 0 Å². The van der Waals surface area contributed by atoms with Crippen LogP contribution in [0.15, 0.2) is 64.9 Å². The highest BCUT2D eigenvalue weighted by Gasteiger charge is 2.35. The standard InChI is InChI=1S/C34H42N2O6/c1-21(2)16-28(32-29(37)18-34(3,4)19-30(32)38)35-15-9-10-22(17-31(39)40)36-33(41)42-20-27-25-13-7-5-11-23(25)24-12-6-8-14-26(24)27/h5-8,11-14,21-22,27,37H,9-10,15-20H2,1-4H3,(H,36,41)(H,39,40)/t22-/m1/s1. The fourth-order valence-corrected chi connectivity index (χ4v) is 6.04. The Morgan fingerprint density at radius 1 is 1.02 bits per heavy atom. The first-order valence-electron chi connectivity index (χ1n) is 14.8. The number of allylic oxidation sites excluding steroid dienone is 2. The molecule has 0 spiro atoms. The maximum Gasteiger partial charge on any atom is 0.407 e. The van der Waals surface area contributed by atoms with Crippen molar-refractivity contribution in [2.45, 2.75) is 78.2 Å². The minimum absolute atomic E-state index is 0.0893. The van der Waals surface area contributed by atoms with Crippen LogP contribution < -0.4 is 5.32 Å². The molecule has 0 unspecified atom stereocenters. The number of aliphatic imine (C=N–C) groups is 1. The SMILES string of the molecule is CC(C)CC(=NCCC[C@H](CC(=O)O)NC(=O)OCC1c2ccccc2-c2ccccc21)C1=C(O)CC(C)(C)CC1=O. The zero-order valence-corrected chi connectivity index (χ0v) is 25.0. The molecule has 4 rings (SSSR count). The van der Waals surface area contributed by atoms with E-state index in [1.807, 2.05) is 64.1 Å². The fourth-order valence-electron chi connectivity index (χ4n) is 6.04. The molecule has 0 radical (unpaired) electrons. The van der Waals surface area contributed by atoms with E-state index in [2.05, 4.69) is 22.4 Å². The largest absolute Gasteiger partial charge is 0.511 e. The van der Waals surface area contributed by atoms with Crippen LogP contribution in [0.2, 0.25) is 0 Å². The van der Waals surface area contributed by atoms with Crippen molar-refractivity contribution in [1.82, 2.24) is 5.32 Å². The van der Waals surface area contributed by atoms with Crippen molar-refractivity contribution < 1.29 is 29.3 Å². The number of hydrogen-bond acceptors (Lipinski definition) is 6. The summed E-state index contributed by atoms with van der Waals surface area (Å²) in [5.41, 5.74) is 5.11. The van der Waals surface area contributed by atoms with E-state index in [9.17, 15) is 24.6 Å². The molecule has 0 saturated heterocycles. The van der Waals surface area contributed by atoms with E-state index >= 15 is 0 Å². The molecule has 0 bridgehead atoms. The number of carboxylic acids is 1. The highest BCUT2D eigenvalue weighted by molar-refractivity contribution is 6.23. The van der Waals surface area contributed by atoms with Crippen LogP contribution in [-0.4, -0.2) is 53.0 Å². The zero-order valence-electron chi connectivity index (χ0n) is 25.0. The van der Waals surface area contributed by atoms with Crippen molar-refractivity contribution in [2.24, 2.45) is 16.3 Å². The van der Waals surface area contributed by atoms with Gasteiger partial charge in [0.15, 0.2) is 5.78 Å². The second-order valence-corrected chi connectivity index (χ2v) is 12.6. The molecule has 0 saturated carbocycles. The van der Waals surface area contributed by atoms with Crippen molar-refractivity contribution in [3.05, 3.63) is 71.0 Å². The van der Waals surface area contributed by atoms with Crippen LogP contribution in [0.5, 0.6) is 0 Å².